The number of likely N-dealkylation sites (tertiary alicyclic amines) is 1. The number of amides is 1. The van der Waals surface area contributed by atoms with Gasteiger partial charge in [0.15, 0.2) is 0 Å². The number of carbonyl (C=O) groups excluding carboxylic acids is 1. The van der Waals surface area contributed by atoms with Crippen molar-refractivity contribution in [3.8, 4) is 0 Å². The zero-order valence-corrected chi connectivity index (χ0v) is 15.0. The fraction of sp³-hybridized carbons (Fsp3) is 0.722. The highest BCUT2D eigenvalue weighted by Crippen LogP contribution is 2.26. The van der Waals surface area contributed by atoms with Crippen molar-refractivity contribution in [1.29, 1.82) is 0 Å². The number of aromatic nitrogens is 2. The van der Waals surface area contributed by atoms with E-state index in [9.17, 15) is 9.59 Å². The third-order valence-electron chi connectivity index (χ3n) is 5.44. The molecular weight excluding hydrogens is 322 g/mol. The topological polar surface area (TPSA) is 84.7 Å². The summed E-state index contributed by atoms with van der Waals surface area (Å²) in [5.74, 6) is -0.746. The number of hydrogen-bond donors (Lipinski definition) is 1. The minimum Gasteiger partial charge on any atom is -0.478 e. The standard InChI is InChI=1S/C18H27N3O4/c1-12-3-4-15(25-12)5-6-17(22)20-9-7-14(8-10-20)21-13(2)16(11-19-21)18(23)24/h11-12,14-15H,3-10H2,1-2H3,(H,23,24). The largest absolute Gasteiger partial charge is 0.478 e. The second-order valence-electron chi connectivity index (χ2n) is 7.19. The van der Waals surface area contributed by atoms with Gasteiger partial charge in [-0.2, -0.15) is 5.10 Å². The van der Waals surface area contributed by atoms with Gasteiger partial charge in [0.1, 0.15) is 5.56 Å². The molecule has 0 aromatic carbocycles. The van der Waals surface area contributed by atoms with Gasteiger partial charge in [0.05, 0.1) is 30.1 Å². The van der Waals surface area contributed by atoms with Crippen molar-refractivity contribution in [1.82, 2.24) is 14.7 Å². The van der Waals surface area contributed by atoms with Crippen LogP contribution in [0.3, 0.4) is 0 Å². The number of carboxylic acids is 1. The minimum absolute atomic E-state index is 0.163. The first-order valence-electron chi connectivity index (χ1n) is 9.16. The first-order valence-corrected chi connectivity index (χ1v) is 9.16. The van der Waals surface area contributed by atoms with E-state index in [4.69, 9.17) is 9.84 Å². The van der Waals surface area contributed by atoms with E-state index in [1.54, 1.807) is 11.6 Å². The predicted octanol–water partition coefficient (Wildman–Crippen LogP) is 2.40. The Balaban J connectivity index is 1.48. The fourth-order valence-corrected chi connectivity index (χ4v) is 3.90. The molecule has 2 aliphatic heterocycles. The van der Waals surface area contributed by atoms with Crippen LogP contribution < -0.4 is 0 Å². The number of nitrogens with zero attached hydrogens (tertiary/aromatic N) is 3. The number of rotatable bonds is 5. The summed E-state index contributed by atoms with van der Waals surface area (Å²) < 4.78 is 7.58. The fourth-order valence-electron chi connectivity index (χ4n) is 3.90. The molecule has 1 aromatic rings. The molecule has 2 unspecified atom stereocenters. The van der Waals surface area contributed by atoms with Crippen LogP contribution in [-0.4, -0.2) is 57.0 Å². The molecule has 2 aliphatic rings. The summed E-state index contributed by atoms with van der Waals surface area (Å²) in [6.45, 7) is 5.27. The summed E-state index contributed by atoms with van der Waals surface area (Å²) >= 11 is 0. The van der Waals surface area contributed by atoms with Crippen LogP contribution in [0.15, 0.2) is 6.20 Å². The Hall–Kier alpha value is -1.89. The molecule has 0 aliphatic carbocycles. The monoisotopic (exact) mass is 349 g/mol. The van der Waals surface area contributed by atoms with E-state index < -0.39 is 5.97 Å². The molecule has 25 heavy (non-hydrogen) atoms. The third-order valence-corrected chi connectivity index (χ3v) is 5.44. The van der Waals surface area contributed by atoms with Crippen molar-refractivity contribution in [2.75, 3.05) is 13.1 Å². The normalized spacial score (nSPS) is 24.6. The quantitative estimate of drug-likeness (QED) is 0.882. The summed E-state index contributed by atoms with van der Waals surface area (Å²) in [6, 6.07) is 0.163. The lowest BCUT2D eigenvalue weighted by Crippen LogP contribution is -2.39. The van der Waals surface area contributed by atoms with E-state index in [0.717, 1.165) is 32.1 Å². The molecular formula is C18H27N3O4. The molecule has 0 saturated carbocycles. The average Bonchev–Trinajstić information content (AvgIpc) is 3.18. The smallest absolute Gasteiger partial charge is 0.339 e. The number of carboxylic acid groups (broad SMARTS) is 1. The maximum absolute atomic E-state index is 12.4. The Labute approximate surface area is 147 Å². The molecule has 2 atom stereocenters. The molecule has 3 rings (SSSR count). The van der Waals surface area contributed by atoms with Gasteiger partial charge in [0.2, 0.25) is 5.91 Å². The lowest BCUT2D eigenvalue weighted by Gasteiger charge is -2.33. The van der Waals surface area contributed by atoms with E-state index in [1.807, 2.05) is 4.90 Å². The van der Waals surface area contributed by atoms with Crippen molar-refractivity contribution in [3.05, 3.63) is 17.5 Å². The summed E-state index contributed by atoms with van der Waals surface area (Å²) in [4.78, 5) is 25.5. The molecule has 0 radical (unpaired) electrons. The van der Waals surface area contributed by atoms with Gasteiger partial charge in [-0.1, -0.05) is 0 Å². The predicted molar refractivity (Wildman–Crippen MR) is 91.6 cm³/mol. The molecule has 1 N–H and O–H groups in total. The second kappa shape index (κ2) is 7.56. The Bertz CT molecular complexity index is 634. The number of piperidine rings is 1. The molecule has 138 valence electrons. The van der Waals surface area contributed by atoms with E-state index in [1.165, 1.54) is 6.20 Å². The second-order valence-corrected chi connectivity index (χ2v) is 7.19. The molecule has 7 nitrogen and oxygen atoms in total. The van der Waals surface area contributed by atoms with E-state index in [-0.39, 0.29) is 23.6 Å². The highest BCUT2D eigenvalue weighted by molar-refractivity contribution is 5.88. The van der Waals surface area contributed by atoms with Crippen LogP contribution in [0.25, 0.3) is 0 Å². The molecule has 1 amide bonds. The van der Waals surface area contributed by atoms with Crippen LogP contribution in [0.5, 0.6) is 0 Å². The third kappa shape index (κ3) is 4.03. The first kappa shape index (κ1) is 17.9. The van der Waals surface area contributed by atoms with E-state index >= 15 is 0 Å². The zero-order chi connectivity index (χ0) is 18.0. The van der Waals surface area contributed by atoms with Gasteiger partial charge in [-0.05, 0) is 46.0 Å². The van der Waals surface area contributed by atoms with Crippen LogP contribution >= 0.6 is 0 Å². The Kier molecular flexibility index (Phi) is 5.42. The highest BCUT2D eigenvalue weighted by atomic mass is 16.5. The minimum atomic E-state index is -0.945. The van der Waals surface area contributed by atoms with E-state index in [2.05, 4.69) is 12.0 Å². The van der Waals surface area contributed by atoms with Gasteiger partial charge in [0, 0.05) is 19.5 Å². The molecule has 2 saturated heterocycles. The number of ether oxygens (including phenoxy) is 1. The summed E-state index contributed by atoms with van der Waals surface area (Å²) in [6.07, 6.45) is 7.09. The van der Waals surface area contributed by atoms with Crippen molar-refractivity contribution >= 4 is 11.9 Å². The van der Waals surface area contributed by atoms with Gasteiger partial charge in [-0.15, -0.1) is 0 Å². The van der Waals surface area contributed by atoms with Gasteiger partial charge in [-0.3, -0.25) is 9.48 Å². The number of aromatic carboxylic acids is 1. The Morgan fingerprint density at radius 2 is 2.00 bits per heavy atom. The SMILES string of the molecule is Cc1c(C(=O)O)cnn1C1CCN(C(=O)CCC2CCC(C)O2)CC1. The molecule has 0 bridgehead atoms. The van der Waals surface area contributed by atoms with Crippen LogP contribution in [0.2, 0.25) is 0 Å². The van der Waals surface area contributed by atoms with E-state index in [0.29, 0.717) is 31.3 Å². The zero-order valence-electron chi connectivity index (χ0n) is 15.0. The van der Waals surface area contributed by atoms with Gasteiger partial charge in [0.25, 0.3) is 0 Å². The molecule has 7 heteroatoms. The highest BCUT2D eigenvalue weighted by Gasteiger charge is 2.28. The molecule has 2 fully saturated rings. The van der Waals surface area contributed by atoms with Crippen LogP contribution in [0.1, 0.15) is 67.5 Å². The lowest BCUT2D eigenvalue weighted by molar-refractivity contribution is -0.133. The maximum atomic E-state index is 12.4. The van der Waals surface area contributed by atoms with Crippen molar-refractivity contribution in [2.45, 2.75) is 70.6 Å². The molecule has 3 heterocycles. The van der Waals surface area contributed by atoms with Crippen molar-refractivity contribution in [3.63, 3.8) is 0 Å². The lowest BCUT2D eigenvalue weighted by atomic mass is 10.0. The molecule has 0 spiro atoms. The number of carbonyl (C=O) groups is 2. The Morgan fingerprint density at radius 1 is 1.28 bits per heavy atom. The average molecular weight is 349 g/mol. The number of hydrogen-bond acceptors (Lipinski definition) is 4. The maximum Gasteiger partial charge on any atom is 0.339 e. The Morgan fingerprint density at radius 3 is 2.56 bits per heavy atom. The van der Waals surface area contributed by atoms with Crippen LogP contribution in [0.4, 0.5) is 0 Å². The van der Waals surface area contributed by atoms with Gasteiger partial charge < -0.3 is 14.7 Å². The van der Waals surface area contributed by atoms with Crippen molar-refractivity contribution in [2.24, 2.45) is 0 Å². The molecule has 1 aromatic heterocycles. The van der Waals surface area contributed by atoms with Crippen LogP contribution in [0, 0.1) is 6.92 Å². The van der Waals surface area contributed by atoms with Gasteiger partial charge >= 0.3 is 5.97 Å². The van der Waals surface area contributed by atoms with Crippen molar-refractivity contribution < 1.29 is 19.4 Å². The van der Waals surface area contributed by atoms with Gasteiger partial charge in [-0.25, -0.2) is 4.79 Å². The summed E-state index contributed by atoms with van der Waals surface area (Å²) in [7, 11) is 0. The first-order chi connectivity index (χ1) is 12.0. The van der Waals surface area contributed by atoms with Crippen LogP contribution in [-0.2, 0) is 9.53 Å². The summed E-state index contributed by atoms with van der Waals surface area (Å²) in [5, 5.41) is 13.4. The summed E-state index contributed by atoms with van der Waals surface area (Å²) in [5.41, 5.74) is 0.939.